The molecular formula is C23H26N4O3S. The lowest BCUT2D eigenvalue weighted by molar-refractivity contribution is -0.121. The third-order valence-corrected chi connectivity index (χ3v) is 6.61. The van der Waals surface area contributed by atoms with E-state index in [-0.39, 0.29) is 30.3 Å². The predicted molar refractivity (Wildman–Crippen MR) is 120 cm³/mol. The first-order valence-corrected chi connectivity index (χ1v) is 11.4. The van der Waals surface area contributed by atoms with Crippen LogP contribution in [-0.4, -0.2) is 30.8 Å². The number of nitrogens with one attached hydrogen (secondary N) is 1. The summed E-state index contributed by atoms with van der Waals surface area (Å²) in [6, 6.07) is 15.6. The van der Waals surface area contributed by atoms with Gasteiger partial charge in [-0.2, -0.15) is 0 Å². The number of benzene rings is 2. The molecular weight excluding hydrogens is 412 g/mol. The fourth-order valence-corrected chi connectivity index (χ4v) is 4.49. The topological polar surface area (TPSA) is 92.3 Å². The summed E-state index contributed by atoms with van der Waals surface area (Å²) >= 11 is 0. The maximum Gasteiger partial charge on any atom is 0.264 e. The molecule has 0 saturated carbocycles. The van der Waals surface area contributed by atoms with Crippen LogP contribution >= 0.6 is 0 Å². The molecule has 7 nitrogen and oxygen atoms in total. The number of anilines is 1. The van der Waals surface area contributed by atoms with Crippen molar-refractivity contribution in [2.24, 2.45) is 0 Å². The van der Waals surface area contributed by atoms with Gasteiger partial charge in [-0.1, -0.05) is 35.4 Å². The lowest BCUT2D eigenvalue weighted by atomic mass is 10.2. The molecule has 1 N–H and O–H groups in total. The Hall–Kier alpha value is -3.26. The standard InChI is InChI=1S/C23H26N4O3S/c1-17-4-8-21(9-5-17)27(31(29,30)22-10-6-18(2)7-11-22)15-13-23(28)25-16-20-12-14-24-19(3)26-20/h4-12,14H,13,15-16H2,1-3H3,(H,25,28). The molecule has 0 aliphatic heterocycles. The number of amides is 1. The van der Waals surface area contributed by atoms with Crippen LogP contribution in [0.25, 0.3) is 0 Å². The summed E-state index contributed by atoms with van der Waals surface area (Å²) in [6.07, 6.45) is 1.65. The number of nitrogens with zero attached hydrogens (tertiary/aromatic N) is 3. The maximum atomic E-state index is 13.3. The minimum absolute atomic E-state index is 0.0169. The quantitative estimate of drug-likeness (QED) is 0.583. The first-order valence-electron chi connectivity index (χ1n) is 9.97. The number of sulfonamides is 1. The van der Waals surface area contributed by atoms with E-state index in [1.807, 2.05) is 26.0 Å². The van der Waals surface area contributed by atoms with Crippen molar-refractivity contribution >= 4 is 21.6 Å². The Kier molecular flexibility index (Phi) is 7.02. The van der Waals surface area contributed by atoms with Crippen LogP contribution in [0.3, 0.4) is 0 Å². The van der Waals surface area contributed by atoms with Crippen molar-refractivity contribution in [3.8, 4) is 0 Å². The Morgan fingerprint density at radius 2 is 1.55 bits per heavy atom. The van der Waals surface area contributed by atoms with Crippen molar-refractivity contribution in [1.82, 2.24) is 15.3 Å². The lowest BCUT2D eigenvalue weighted by Crippen LogP contribution is -2.35. The molecule has 0 bridgehead atoms. The summed E-state index contributed by atoms with van der Waals surface area (Å²) in [5.41, 5.74) is 3.21. The molecule has 2 aromatic carbocycles. The highest BCUT2D eigenvalue weighted by Crippen LogP contribution is 2.24. The molecule has 162 valence electrons. The monoisotopic (exact) mass is 438 g/mol. The highest BCUT2D eigenvalue weighted by Gasteiger charge is 2.25. The van der Waals surface area contributed by atoms with Gasteiger partial charge >= 0.3 is 0 Å². The minimum Gasteiger partial charge on any atom is -0.350 e. The molecule has 31 heavy (non-hydrogen) atoms. The Bertz CT molecular complexity index is 1140. The van der Waals surface area contributed by atoms with E-state index in [1.165, 1.54) is 4.31 Å². The van der Waals surface area contributed by atoms with Crippen LogP contribution in [0.1, 0.15) is 29.1 Å². The minimum atomic E-state index is -3.82. The number of aryl methyl sites for hydroxylation is 3. The van der Waals surface area contributed by atoms with Crippen LogP contribution in [0.15, 0.2) is 65.7 Å². The van der Waals surface area contributed by atoms with Gasteiger partial charge in [0.25, 0.3) is 10.0 Å². The zero-order chi connectivity index (χ0) is 22.4. The predicted octanol–water partition coefficient (Wildman–Crippen LogP) is 3.30. The highest BCUT2D eigenvalue weighted by atomic mass is 32.2. The van der Waals surface area contributed by atoms with Crippen molar-refractivity contribution in [2.45, 2.75) is 38.6 Å². The number of carbonyl (C=O) groups is 1. The molecule has 8 heteroatoms. The van der Waals surface area contributed by atoms with Gasteiger partial charge in [-0.05, 0) is 51.1 Å². The molecule has 0 atom stereocenters. The molecule has 0 spiro atoms. The molecule has 0 saturated heterocycles. The summed E-state index contributed by atoms with van der Waals surface area (Å²) < 4.78 is 28.0. The van der Waals surface area contributed by atoms with Crippen LogP contribution in [0.2, 0.25) is 0 Å². The fourth-order valence-electron chi connectivity index (χ4n) is 3.02. The van der Waals surface area contributed by atoms with Crippen LogP contribution in [-0.2, 0) is 21.4 Å². The summed E-state index contributed by atoms with van der Waals surface area (Å²) in [6.45, 7) is 5.90. The van der Waals surface area contributed by atoms with Gasteiger partial charge in [0, 0.05) is 19.2 Å². The Labute approximate surface area is 183 Å². The molecule has 0 aliphatic carbocycles. The molecule has 0 unspecified atom stereocenters. The third-order valence-electron chi connectivity index (χ3n) is 4.77. The van der Waals surface area contributed by atoms with E-state index < -0.39 is 10.0 Å². The largest absolute Gasteiger partial charge is 0.350 e. The molecule has 1 heterocycles. The first-order chi connectivity index (χ1) is 14.8. The van der Waals surface area contributed by atoms with Crippen LogP contribution < -0.4 is 9.62 Å². The fraction of sp³-hybridized carbons (Fsp3) is 0.261. The van der Waals surface area contributed by atoms with Crippen LogP contribution in [0, 0.1) is 20.8 Å². The molecule has 3 rings (SSSR count). The van der Waals surface area contributed by atoms with Gasteiger partial charge in [-0.25, -0.2) is 18.4 Å². The average Bonchev–Trinajstić information content (AvgIpc) is 2.74. The van der Waals surface area contributed by atoms with Crippen LogP contribution in [0.4, 0.5) is 5.69 Å². The van der Waals surface area contributed by atoms with E-state index >= 15 is 0 Å². The van der Waals surface area contributed by atoms with Gasteiger partial charge in [-0.15, -0.1) is 0 Å². The molecule has 0 aliphatic rings. The second kappa shape index (κ2) is 9.70. The molecule has 3 aromatic rings. The van der Waals surface area contributed by atoms with E-state index in [1.54, 1.807) is 55.6 Å². The van der Waals surface area contributed by atoms with Gasteiger partial charge < -0.3 is 5.32 Å². The SMILES string of the molecule is Cc1ccc(N(CCC(=O)NCc2ccnc(C)n2)S(=O)(=O)c2ccc(C)cc2)cc1. The highest BCUT2D eigenvalue weighted by molar-refractivity contribution is 7.92. The Morgan fingerprint density at radius 1 is 0.935 bits per heavy atom. The number of rotatable bonds is 8. The number of hydrogen-bond donors (Lipinski definition) is 1. The van der Waals surface area contributed by atoms with Gasteiger partial charge in [0.15, 0.2) is 0 Å². The Balaban J connectivity index is 1.76. The van der Waals surface area contributed by atoms with Crippen molar-refractivity contribution in [3.63, 3.8) is 0 Å². The molecule has 0 fully saturated rings. The van der Waals surface area contributed by atoms with Crippen LogP contribution in [0.5, 0.6) is 0 Å². The smallest absolute Gasteiger partial charge is 0.264 e. The van der Waals surface area contributed by atoms with E-state index in [2.05, 4.69) is 15.3 Å². The van der Waals surface area contributed by atoms with Gasteiger partial charge in [0.05, 0.1) is 22.8 Å². The van der Waals surface area contributed by atoms with Gasteiger partial charge in [0.2, 0.25) is 5.91 Å². The van der Waals surface area contributed by atoms with E-state index in [0.29, 0.717) is 17.2 Å². The second-order valence-electron chi connectivity index (χ2n) is 7.35. The summed E-state index contributed by atoms with van der Waals surface area (Å²) in [7, 11) is -3.82. The second-order valence-corrected chi connectivity index (χ2v) is 9.21. The number of aromatic nitrogens is 2. The summed E-state index contributed by atoms with van der Waals surface area (Å²) in [5, 5.41) is 2.79. The first kappa shape index (κ1) is 22.4. The molecule has 1 aromatic heterocycles. The van der Waals surface area contributed by atoms with Gasteiger partial charge in [-0.3, -0.25) is 9.10 Å². The molecule has 0 radical (unpaired) electrons. The number of carbonyl (C=O) groups excluding carboxylic acids is 1. The van der Waals surface area contributed by atoms with Crippen molar-refractivity contribution in [2.75, 3.05) is 10.8 Å². The van der Waals surface area contributed by atoms with Crippen molar-refractivity contribution in [3.05, 3.63) is 83.4 Å². The summed E-state index contributed by atoms with van der Waals surface area (Å²) in [5.74, 6) is 0.369. The maximum absolute atomic E-state index is 13.3. The van der Waals surface area contributed by atoms with Gasteiger partial charge in [0.1, 0.15) is 5.82 Å². The lowest BCUT2D eigenvalue weighted by Gasteiger charge is -2.24. The van der Waals surface area contributed by atoms with Crippen molar-refractivity contribution in [1.29, 1.82) is 0 Å². The normalized spacial score (nSPS) is 11.2. The number of hydrogen-bond acceptors (Lipinski definition) is 5. The third kappa shape index (κ3) is 5.88. The van der Waals surface area contributed by atoms with E-state index in [4.69, 9.17) is 0 Å². The van der Waals surface area contributed by atoms with E-state index in [9.17, 15) is 13.2 Å². The average molecular weight is 439 g/mol. The molecule has 1 amide bonds. The zero-order valence-electron chi connectivity index (χ0n) is 17.9. The van der Waals surface area contributed by atoms with Crippen molar-refractivity contribution < 1.29 is 13.2 Å². The Morgan fingerprint density at radius 3 is 2.16 bits per heavy atom. The van der Waals surface area contributed by atoms with E-state index in [0.717, 1.165) is 11.1 Å². The summed E-state index contributed by atoms with van der Waals surface area (Å²) in [4.78, 5) is 20.9. The zero-order valence-corrected chi connectivity index (χ0v) is 18.7.